The average Bonchev–Trinajstić information content (AvgIpc) is 2.76. The van der Waals surface area contributed by atoms with E-state index in [0.717, 1.165) is 9.13 Å². The van der Waals surface area contributed by atoms with Crippen LogP contribution in [0.2, 0.25) is 0 Å². The number of ether oxygens (including phenoxy) is 1. The zero-order valence-electron chi connectivity index (χ0n) is 15.5. The first kappa shape index (κ1) is 18.7. The largest absolute Gasteiger partial charge is 0.456 e. The number of benzene rings is 3. The van der Waals surface area contributed by atoms with E-state index in [1.54, 1.807) is 54.6 Å². The van der Waals surface area contributed by atoms with Crippen molar-refractivity contribution in [2.45, 2.75) is 0 Å². The van der Waals surface area contributed by atoms with Gasteiger partial charge in [0.2, 0.25) is 0 Å². The Labute approximate surface area is 169 Å². The number of para-hydroxylation sites is 2. The molecule has 0 aliphatic rings. The maximum absolute atomic E-state index is 13.0. The van der Waals surface area contributed by atoms with E-state index in [4.69, 9.17) is 4.74 Å². The molecule has 146 valence electrons. The maximum Gasteiger partial charge on any atom is 0.345 e. The first-order valence-electron chi connectivity index (χ1n) is 8.90. The van der Waals surface area contributed by atoms with Gasteiger partial charge in [-0.05, 0) is 42.5 Å². The number of nitrogens with one attached hydrogen (secondary N) is 1. The fourth-order valence-electron chi connectivity index (χ4n) is 2.96. The minimum atomic E-state index is -0.905. The van der Waals surface area contributed by atoms with Crippen LogP contribution in [0.4, 0.5) is 0 Å². The Morgan fingerprint density at radius 1 is 0.767 bits per heavy atom. The molecule has 1 heterocycles. The van der Waals surface area contributed by atoms with Crippen molar-refractivity contribution in [2.75, 3.05) is 0 Å². The Kier molecular flexibility index (Phi) is 4.85. The Morgan fingerprint density at radius 3 is 2.00 bits per heavy atom. The van der Waals surface area contributed by atoms with Crippen LogP contribution >= 0.6 is 0 Å². The van der Waals surface area contributed by atoms with Crippen molar-refractivity contribution in [1.29, 1.82) is 5.26 Å². The van der Waals surface area contributed by atoms with Gasteiger partial charge in [-0.25, -0.2) is 23.5 Å². The molecule has 4 rings (SSSR count). The predicted octanol–water partition coefficient (Wildman–Crippen LogP) is 2.34. The van der Waals surface area contributed by atoms with E-state index < -0.39 is 17.1 Å². The van der Waals surface area contributed by atoms with Crippen LogP contribution in [-0.4, -0.2) is 14.1 Å². The summed E-state index contributed by atoms with van der Waals surface area (Å²) < 4.78 is 7.36. The van der Waals surface area contributed by atoms with Gasteiger partial charge in [-0.1, -0.05) is 36.4 Å². The molecule has 1 N–H and O–H groups in total. The van der Waals surface area contributed by atoms with Crippen molar-refractivity contribution in [3.63, 3.8) is 0 Å². The quantitative estimate of drug-likeness (QED) is 0.567. The summed E-state index contributed by atoms with van der Waals surface area (Å²) in [6.45, 7) is 0. The van der Waals surface area contributed by atoms with Gasteiger partial charge in [0.05, 0.1) is 16.9 Å². The van der Waals surface area contributed by atoms with Gasteiger partial charge in [-0.2, -0.15) is 5.26 Å². The van der Waals surface area contributed by atoms with Crippen molar-refractivity contribution in [1.82, 2.24) is 14.1 Å². The lowest BCUT2D eigenvalue weighted by atomic mass is 10.2. The first-order valence-corrected chi connectivity index (χ1v) is 8.90. The van der Waals surface area contributed by atoms with Crippen LogP contribution in [0.3, 0.4) is 0 Å². The maximum atomic E-state index is 13.0. The normalized spacial score (nSPS) is 10.4. The molecule has 0 atom stereocenters. The van der Waals surface area contributed by atoms with Gasteiger partial charge in [-0.15, -0.1) is 0 Å². The van der Waals surface area contributed by atoms with Crippen LogP contribution in [0.25, 0.3) is 11.4 Å². The summed E-state index contributed by atoms with van der Waals surface area (Å²) in [5, 5.41) is 9.52. The molecule has 0 aliphatic heterocycles. The number of aromatic nitrogens is 3. The van der Waals surface area contributed by atoms with E-state index >= 15 is 0 Å². The standard InChI is InChI=1S/C22H14N4O4/c23-14-15-13-17(11-12-19(15)30-18-9-5-2-6-10-18)26-21(28)24-20(27)25(22(26)29)16-7-3-1-4-8-16/h1-13H,(H,24,27,28). The average molecular weight is 398 g/mol. The van der Waals surface area contributed by atoms with Gasteiger partial charge in [-0.3, -0.25) is 4.98 Å². The van der Waals surface area contributed by atoms with Crippen molar-refractivity contribution in [3.8, 4) is 28.9 Å². The molecule has 0 unspecified atom stereocenters. The van der Waals surface area contributed by atoms with E-state index in [1.165, 1.54) is 18.2 Å². The molecule has 0 saturated carbocycles. The minimum absolute atomic E-state index is 0.125. The van der Waals surface area contributed by atoms with E-state index in [-0.39, 0.29) is 17.0 Å². The van der Waals surface area contributed by atoms with E-state index in [0.29, 0.717) is 11.4 Å². The SMILES string of the molecule is N#Cc1cc(-n2c(=O)[nH]c(=O)n(-c3ccccc3)c2=O)ccc1Oc1ccccc1. The Bertz CT molecular complexity index is 1430. The molecule has 8 heteroatoms. The van der Waals surface area contributed by atoms with Crippen LogP contribution in [0, 0.1) is 11.3 Å². The molecular weight excluding hydrogens is 384 g/mol. The van der Waals surface area contributed by atoms with Crippen LogP contribution in [-0.2, 0) is 0 Å². The monoisotopic (exact) mass is 398 g/mol. The highest BCUT2D eigenvalue weighted by molar-refractivity contribution is 5.51. The smallest absolute Gasteiger partial charge is 0.345 e. The number of hydrogen-bond acceptors (Lipinski definition) is 5. The lowest BCUT2D eigenvalue weighted by molar-refractivity contribution is 0.481. The molecule has 0 aliphatic carbocycles. The van der Waals surface area contributed by atoms with Crippen LogP contribution < -0.4 is 21.8 Å². The third-order valence-electron chi connectivity index (χ3n) is 4.33. The second-order valence-corrected chi connectivity index (χ2v) is 6.23. The Balaban J connectivity index is 1.85. The molecule has 1 aromatic heterocycles. The van der Waals surface area contributed by atoms with Crippen molar-refractivity contribution < 1.29 is 4.74 Å². The summed E-state index contributed by atoms with van der Waals surface area (Å²) >= 11 is 0. The molecule has 3 aromatic carbocycles. The number of nitriles is 1. The van der Waals surface area contributed by atoms with Crippen LogP contribution in [0.1, 0.15) is 5.56 Å². The van der Waals surface area contributed by atoms with E-state index in [9.17, 15) is 19.6 Å². The summed E-state index contributed by atoms with van der Waals surface area (Å²) in [7, 11) is 0. The molecule has 4 aromatic rings. The highest BCUT2D eigenvalue weighted by Crippen LogP contribution is 2.26. The molecule has 30 heavy (non-hydrogen) atoms. The van der Waals surface area contributed by atoms with Gasteiger partial charge in [0.25, 0.3) is 0 Å². The summed E-state index contributed by atoms with van der Waals surface area (Å²) in [6.07, 6.45) is 0. The van der Waals surface area contributed by atoms with Gasteiger partial charge in [0.1, 0.15) is 17.6 Å². The Hall–Kier alpha value is -4.64. The second-order valence-electron chi connectivity index (χ2n) is 6.23. The zero-order chi connectivity index (χ0) is 21.1. The number of nitrogens with zero attached hydrogens (tertiary/aromatic N) is 3. The van der Waals surface area contributed by atoms with Crippen LogP contribution in [0.15, 0.2) is 93.2 Å². The summed E-state index contributed by atoms with van der Waals surface area (Å²) in [4.78, 5) is 39.8. The summed E-state index contributed by atoms with van der Waals surface area (Å²) in [5.41, 5.74) is -2.05. The molecule has 0 amide bonds. The van der Waals surface area contributed by atoms with E-state index in [1.807, 2.05) is 12.1 Å². The van der Waals surface area contributed by atoms with Gasteiger partial charge in [0.15, 0.2) is 0 Å². The van der Waals surface area contributed by atoms with Crippen molar-refractivity contribution in [2.24, 2.45) is 0 Å². The van der Waals surface area contributed by atoms with Crippen molar-refractivity contribution in [3.05, 3.63) is 116 Å². The van der Waals surface area contributed by atoms with Crippen LogP contribution in [0.5, 0.6) is 11.5 Å². The molecule has 8 nitrogen and oxygen atoms in total. The van der Waals surface area contributed by atoms with Crippen molar-refractivity contribution >= 4 is 0 Å². The fraction of sp³-hybridized carbons (Fsp3) is 0. The fourth-order valence-corrected chi connectivity index (χ4v) is 2.96. The lowest BCUT2D eigenvalue weighted by Crippen LogP contribution is -2.48. The lowest BCUT2D eigenvalue weighted by Gasteiger charge is -2.11. The summed E-state index contributed by atoms with van der Waals surface area (Å²) in [5.74, 6) is 0.808. The molecular formula is C22H14N4O4. The molecule has 0 radical (unpaired) electrons. The molecule has 0 saturated heterocycles. The molecule has 0 fully saturated rings. The number of H-pyrrole nitrogens is 1. The van der Waals surface area contributed by atoms with Gasteiger partial charge in [0, 0.05) is 0 Å². The second kappa shape index (κ2) is 7.77. The predicted molar refractivity (Wildman–Crippen MR) is 109 cm³/mol. The first-order chi connectivity index (χ1) is 14.6. The summed E-state index contributed by atoms with van der Waals surface area (Å²) in [6, 6.07) is 23.4. The van der Waals surface area contributed by atoms with Gasteiger partial charge >= 0.3 is 17.1 Å². The third-order valence-corrected chi connectivity index (χ3v) is 4.33. The van der Waals surface area contributed by atoms with E-state index in [2.05, 4.69) is 4.98 Å². The number of hydrogen-bond donors (Lipinski definition) is 1. The highest BCUT2D eigenvalue weighted by atomic mass is 16.5. The Morgan fingerprint density at radius 2 is 1.37 bits per heavy atom. The topological polar surface area (TPSA) is 110 Å². The highest BCUT2D eigenvalue weighted by Gasteiger charge is 2.15. The number of aromatic amines is 1. The minimum Gasteiger partial charge on any atom is -0.456 e. The third kappa shape index (κ3) is 3.43. The van der Waals surface area contributed by atoms with Gasteiger partial charge < -0.3 is 4.74 Å². The molecule has 0 spiro atoms. The number of rotatable bonds is 4. The zero-order valence-corrected chi connectivity index (χ0v) is 15.5. The molecule has 0 bridgehead atoms.